The van der Waals surface area contributed by atoms with E-state index in [2.05, 4.69) is 5.32 Å². The van der Waals surface area contributed by atoms with E-state index >= 15 is 0 Å². The largest absolute Gasteiger partial charge is 0.497 e. The summed E-state index contributed by atoms with van der Waals surface area (Å²) in [6, 6.07) is 3.81. The molecule has 0 heterocycles. The Morgan fingerprint density at radius 2 is 1.82 bits per heavy atom. The second-order valence-corrected chi connectivity index (χ2v) is 5.85. The maximum atomic E-state index is 12.2. The van der Waals surface area contributed by atoms with Crippen LogP contribution in [0.4, 0.5) is 0 Å². The summed E-state index contributed by atoms with van der Waals surface area (Å²) < 4.78 is 10.2. The summed E-state index contributed by atoms with van der Waals surface area (Å²) in [5.41, 5.74) is 0.297. The minimum Gasteiger partial charge on any atom is -0.497 e. The van der Waals surface area contributed by atoms with Crippen molar-refractivity contribution in [3.8, 4) is 11.5 Å². The first-order valence-electron chi connectivity index (χ1n) is 6.86. The Morgan fingerprint density at radius 1 is 1.23 bits per heavy atom. The van der Waals surface area contributed by atoms with E-state index in [1.807, 2.05) is 6.92 Å². The Labute approximate surface area is 134 Å². The van der Waals surface area contributed by atoms with Gasteiger partial charge in [-0.3, -0.25) is 4.79 Å². The van der Waals surface area contributed by atoms with E-state index in [0.29, 0.717) is 29.2 Å². The number of ether oxygens (including phenoxy) is 2. The Hall–Kier alpha value is -1.89. The number of aliphatic carboxylic acids is 1. The molecule has 0 saturated carbocycles. The highest BCUT2D eigenvalue weighted by molar-refractivity contribution is 7.99. The van der Waals surface area contributed by atoms with E-state index < -0.39 is 17.9 Å². The number of benzene rings is 1. The molecule has 7 heteroatoms. The van der Waals surface area contributed by atoms with Crippen molar-refractivity contribution in [3.05, 3.63) is 23.8 Å². The summed E-state index contributed by atoms with van der Waals surface area (Å²) in [7, 11) is 2.97. The Kier molecular flexibility index (Phi) is 7.59. The van der Waals surface area contributed by atoms with Gasteiger partial charge in [-0.15, -0.1) is 0 Å². The summed E-state index contributed by atoms with van der Waals surface area (Å²) >= 11 is 1.63. The van der Waals surface area contributed by atoms with Gasteiger partial charge in [-0.1, -0.05) is 6.92 Å². The van der Waals surface area contributed by atoms with E-state index in [9.17, 15) is 14.7 Å². The van der Waals surface area contributed by atoms with Crippen molar-refractivity contribution in [1.82, 2.24) is 5.32 Å². The predicted molar refractivity (Wildman–Crippen MR) is 86.1 cm³/mol. The molecule has 1 aromatic rings. The Balaban J connectivity index is 2.82. The van der Waals surface area contributed by atoms with Crippen LogP contribution in [0.3, 0.4) is 0 Å². The van der Waals surface area contributed by atoms with Gasteiger partial charge >= 0.3 is 5.97 Å². The van der Waals surface area contributed by atoms with Crippen LogP contribution in [0.2, 0.25) is 0 Å². The van der Waals surface area contributed by atoms with Crippen LogP contribution in [-0.4, -0.2) is 48.8 Å². The smallest absolute Gasteiger partial charge is 0.326 e. The summed E-state index contributed by atoms with van der Waals surface area (Å²) in [6.45, 7) is 2.00. The van der Waals surface area contributed by atoms with Crippen molar-refractivity contribution in [2.24, 2.45) is 0 Å². The molecule has 0 aliphatic heterocycles. The summed E-state index contributed by atoms with van der Waals surface area (Å²) in [5, 5.41) is 11.7. The number of carboxylic acid groups (broad SMARTS) is 1. The molecule has 1 rings (SSSR count). The molecule has 0 bridgehead atoms. The summed E-state index contributed by atoms with van der Waals surface area (Å²) in [4.78, 5) is 23.5. The normalized spacial score (nSPS) is 11.6. The molecule has 122 valence electrons. The molecule has 0 fully saturated rings. The number of carbonyl (C=O) groups is 2. The zero-order chi connectivity index (χ0) is 16.5. The lowest BCUT2D eigenvalue weighted by molar-refractivity contribution is -0.139. The number of thioether (sulfide) groups is 1. The predicted octanol–water partition coefficient (Wildman–Crippen LogP) is 2.03. The van der Waals surface area contributed by atoms with Crippen LogP contribution in [0.5, 0.6) is 11.5 Å². The van der Waals surface area contributed by atoms with Crippen molar-refractivity contribution >= 4 is 23.6 Å². The fourth-order valence-electron chi connectivity index (χ4n) is 1.78. The van der Waals surface area contributed by atoms with Crippen LogP contribution in [0.1, 0.15) is 23.7 Å². The van der Waals surface area contributed by atoms with E-state index in [1.165, 1.54) is 26.4 Å². The second-order valence-electron chi connectivity index (χ2n) is 4.45. The van der Waals surface area contributed by atoms with Crippen LogP contribution in [0.25, 0.3) is 0 Å². The van der Waals surface area contributed by atoms with Gasteiger partial charge in [0.05, 0.1) is 14.2 Å². The van der Waals surface area contributed by atoms with Gasteiger partial charge in [0.25, 0.3) is 5.91 Å². The number of rotatable bonds is 9. The van der Waals surface area contributed by atoms with Gasteiger partial charge in [0.15, 0.2) is 0 Å². The zero-order valence-corrected chi connectivity index (χ0v) is 13.7. The molecule has 2 N–H and O–H groups in total. The fourth-order valence-corrected chi connectivity index (χ4v) is 2.47. The number of nitrogens with one attached hydrogen (secondary N) is 1. The molecule has 0 spiro atoms. The van der Waals surface area contributed by atoms with Crippen molar-refractivity contribution in [3.63, 3.8) is 0 Å². The average molecular weight is 327 g/mol. The minimum atomic E-state index is -1.04. The molecule has 1 aromatic carbocycles. The number of carboxylic acids is 1. The van der Waals surface area contributed by atoms with E-state index in [-0.39, 0.29) is 0 Å². The lowest BCUT2D eigenvalue weighted by atomic mass is 10.1. The zero-order valence-electron chi connectivity index (χ0n) is 12.9. The van der Waals surface area contributed by atoms with Gasteiger partial charge in [0.1, 0.15) is 17.5 Å². The van der Waals surface area contributed by atoms with E-state index in [1.54, 1.807) is 17.8 Å². The molecule has 0 saturated heterocycles. The van der Waals surface area contributed by atoms with Crippen molar-refractivity contribution in [1.29, 1.82) is 0 Å². The third kappa shape index (κ3) is 5.48. The number of methoxy groups -OCH3 is 2. The fraction of sp³-hybridized carbons (Fsp3) is 0.467. The lowest BCUT2D eigenvalue weighted by Crippen LogP contribution is -2.41. The van der Waals surface area contributed by atoms with Crippen LogP contribution in [0.15, 0.2) is 18.2 Å². The average Bonchev–Trinajstić information content (AvgIpc) is 2.53. The number of amides is 1. The topological polar surface area (TPSA) is 84.9 Å². The number of hydrogen-bond donors (Lipinski definition) is 2. The van der Waals surface area contributed by atoms with Gasteiger partial charge < -0.3 is 19.9 Å². The molecule has 1 amide bonds. The van der Waals surface area contributed by atoms with Gasteiger partial charge in [0, 0.05) is 11.6 Å². The van der Waals surface area contributed by atoms with Crippen LogP contribution < -0.4 is 14.8 Å². The van der Waals surface area contributed by atoms with Crippen LogP contribution in [-0.2, 0) is 4.79 Å². The van der Waals surface area contributed by atoms with Crippen molar-refractivity contribution in [2.75, 3.05) is 25.7 Å². The first kappa shape index (κ1) is 18.2. The SMILES string of the molecule is CCSCCC(NC(=O)c1cc(OC)cc(OC)c1)C(=O)O. The molecular formula is C15H21NO5S. The van der Waals surface area contributed by atoms with E-state index in [0.717, 1.165) is 5.75 Å². The molecule has 0 radical (unpaired) electrons. The van der Waals surface area contributed by atoms with Gasteiger partial charge in [-0.05, 0) is 30.1 Å². The third-order valence-electron chi connectivity index (χ3n) is 2.97. The van der Waals surface area contributed by atoms with E-state index in [4.69, 9.17) is 9.47 Å². The molecule has 22 heavy (non-hydrogen) atoms. The standard InChI is InChI=1S/C15H21NO5S/c1-4-22-6-5-13(15(18)19)16-14(17)10-7-11(20-2)9-12(8-10)21-3/h7-9,13H,4-6H2,1-3H3,(H,16,17)(H,18,19). The molecule has 1 unspecified atom stereocenters. The summed E-state index contributed by atoms with van der Waals surface area (Å²) in [5.74, 6) is 1.02. The lowest BCUT2D eigenvalue weighted by Gasteiger charge is -2.15. The summed E-state index contributed by atoms with van der Waals surface area (Å²) in [6.07, 6.45) is 0.376. The quantitative estimate of drug-likeness (QED) is 0.675. The maximum Gasteiger partial charge on any atom is 0.326 e. The Morgan fingerprint density at radius 3 is 2.27 bits per heavy atom. The van der Waals surface area contributed by atoms with Crippen molar-refractivity contribution in [2.45, 2.75) is 19.4 Å². The van der Waals surface area contributed by atoms with Crippen LogP contribution in [0, 0.1) is 0 Å². The number of hydrogen-bond acceptors (Lipinski definition) is 5. The minimum absolute atomic E-state index is 0.297. The van der Waals surface area contributed by atoms with Gasteiger partial charge in [-0.25, -0.2) is 4.79 Å². The Bertz CT molecular complexity index is 498. The molecule has 6 nitrogen and oxygen atoms in total. The van der Waals surface area contributed by atoms with Crippen LogP contribution >= 0.6 is 11.8 Å². The molecule has 0 aromatic heterocycles. The maximum absolute atomic E-state index is 12.2. The molecular weight excluding hydrogens is 306 g/mol. The third-order valence-corrected chi connectivity index (χ3v) is 3.90. The first-order chi connectivity index (χ1) is 10.5. The van der Waals surface area contributed by atoms with Gasteiger partial charge in [0.2, 0.25) is 0 Å². The molecule has 0 aliphatic rings. The first-order valence-corrected chi connectivity index (χ1v) is 8.01. The molecule has 0 aliphatic carbocycles. The highest BCUT2D eigenvalue weighted by Gasteiger charge is 2.21. The van der Waals surface area contributed by atoms with Gasteiger partial charge in [-0.2, -0.15) is 11.8 Å². The monoisotopic (exact) mass is 327 g/mol. The van der Waals surface area contributed by atoms with Crippen molar-refractivity contribution < 1.29 is 24.2 Å². The highest BCUT2D eigenvalue weighted by atomic mass is 32.2. The number of carbonyl (C=O) groups excluding carboxylic acids is 1. The highest BCUT2D eigenvalue weighted by Crippen LogP contribution is 2.22. The second kappa shape index (κ2) is 9.19. The molecule has 1 atom stereocenters.